The van der Waals surface area contributed by atoms with Crippen LogP contribution in [-0.4, -0.2) is 66.1 Å². The molecule has 10 heteroatoms. The van der Waals surface area contributed by atoms with Crippen LogP contribution in [0.1, 0.15) is 59.4 Å². The molecule has 3 amide bonds. The van der Waals surface area contributed by atoms with Crippen molar-refractivity contribution in [2.45, 2.75) is 72.4 Å². The zero-order valence-corrected chi connectivity index (χ0v) is 24.2. The highest BCUT2D eigenvalue weighted by atomic mass is 19.1. The predicted molar refractivity (Wildman–Crippen MR) is 151 cm³/mol. The summed E-state index contributed by atoms with van der Waals surface area (Å²) in [5.74, 6) is -3.72. The number of aliphatic hydroxyl groups is 1. The van der Waals surface area contributed by atoms with E-state index in [2.05, 4.69) is 10.6 Å². The van der Waals surface area contributed by atoms with Gasteiger partial charge in [-0.3, -0.25) is 14.4 Å². The van der Waals surface area contributed by atoms with E-state index in [4.69, 9.17) is 5.73 Å². The van der Waals surface area contributed by atoms with Gasteiger partial charge in [-0.05, 0) is 64.2 Å². The first kappa shape index (κ1) is 33.1. The largest absolute Gasteiger partial charge is 0.391 e. The van der Waals surface area contributed by atoms with Crippen LogP contribution in [0, 0.1) is 23.0 Å². The van der Waals surface area contributed by atoms with Gasteiger partial charge in [0.05, 0.1) is 17.6 Å². The number of rotatable bonds is 15. The van der Waals surface area contributed by atoms with Crippen LogP contribution >= 0.6 is 0 Å². The molecule has 0 heterocycles. The van der Waals surface area contributed by atoms with E-state index in [1.807, 2.05) is 13.8 Å². The molecule has 0 spiro atoms. The number of nitrogens with two attached hydrogens (primary N) is 1. The number of likely N-dealkylation sites (N-methyl/N-ethyl adjacent to an activating group) is 1. The standard InChI is InChI=1S/C30H44F2N4O4/c1-6-9-36(10-7-2)29(40)30(16-19(4)11-22(17-30)27(33)38)25(14-21-12-23(31)15-24(32)13-21)26(37)18-35-20(5)28(39)34-8-3/h11-13,15-16,20,25-26,35,37H,6-10,14,17-18H2,1-5H3,(H2,33,38)(H,34,39). The highest BCUT2D eigenvalue weighted by Gasteiger charge is 2.50. The van der Waals surface area contributed by atoms with Crippen molar-refractivity contribution in [2.75, 3.05) is 26.2 Å². The molecule has 5 N–H and O–H groups in total. The number of nitrogens with zero attached hydrogens (tertiary/aromatic N) is 1. The van der Waals surface area contributed by atoms with Crippen LogP contribution in [0.3, 0.4) is 0 Å². The zero-order valence-electron chi connectivity index (χ0n) is 24.2. The molecule has 8 nitrogen and oxygen atoms in total. The van der Waals surface area contributed by atoms with Gasteiger partial charge in [0.2, 0.25) is 17.7 Å². The van der Waals surface area contributed by atoms with Crippen LogP contribution in [0.15, 0.2) is 41.5 Å². The van der Waals surface area contributed by atoms with E-state index in [1.165, 1.54) is 12.1 Å². The molecule has 1 aliphatic carbocycles. The minimum absolute atomic E-state index is 0.0687. The molecule has 0 aliphatic heterocycles. The van der Waals surface area contributed by atoms with E-state index in [1.54, 1.807) is 37.8 Å². The molecule has 0 radical (unpaired) electrons. The highest BCUT2D eigenvalue weighted by molar-refractivity contribution is 5.96. The maximum atomic E-state index is 14.5. The van der Waals surface area contributed by atoms with Gasteiger partial charge in [0, 0.05) is 43.7 Å². The fourth-order valence-electron chi connectivity index (χ4n) is 5.49. The Morgan fingerprint density at radius 1 is 1.10 bits per heavy atom. The van der Waals surface area contributed by atoms with Crippen LogP contribution in [0.2, 0.25) is 0 Å². The van der Waals surface area contributed by atoms with E-state index in [9.17, 15) is 28.3 Å². The maximum Gasteiger partial charge on any atom is 0.244 e. The van der Waals surface area contributed by atoms with E-state index in [0.717, 1.165) is 6.07 Å². The number of benzene rings is 1. The van der Waals surface area contributed by atoms with Gasteiger partial charge in [-0.2, -0.15) is 0 Å². The highest BCUT2D eigenvalue weighted by Crippen LogP contribution is 2.45. The van der Waals surface area contributed by atoms with Gasteiger partial charge in [-0.25, -0.2) is 8.78 Å². The predicted octanol–water partition coefficient (Wildman–Crippen LogP) is 3.00. The van der Waals surface area contributed by atoms with Crippen molar-refractivity contribution in [3.63, 3.8) is 0 Å². The fourth-order valence-corrected chi connectivity index (χ4v) is 5.49. The molecule has 0 saturated carbocycles. The Labute approximate surface area is 236 Å². The number of halogens is 2. The quantitative estimate of drug-likeness (QED) is 0.262. The fraction of sp³-hybridized carbons (Fsp3) is 0.567. The molecule has 40 heavy (non-hydrogen) atoms. The normalized spacial score (nSPS) is 19.2. The van der Waals surface area contributed by atoms with Crippen molar-refractivity contribution in [3.05, 3.63) is 58.7 Å². The number of hydrogen-bond donors (Lipinski definition) is 4. The summed E-state index contributed by atoms with van der Waals surface area (Å²) in [6.07, 6.45) is 3.37. The molecule has 1 aliphatic rings. The smallest absolute Gasteiger partial charge is 0.244 e. The monoisotopic (exact) mass is 562 g/mol. The lowest BCUT2D eigenvalue weighted by Gasteiger charge is -2.45. The van der Waals surface area contributed by atoms with Gasteiger partial charge in [-0.1, -0.05) is 31.6 Å². The Morgan fingerprint density at radius 2 is 1.70 bits per heavy atom. The third-order valence-corrected chi connectivity index (χ3v) is 7.24. The van der Waals surface area contributed by atoms with Gasteiger partial charge in [0.1, 0.15) is 11.6 Å². The molecule has 1 aromatic rings. The molecule has 0 fully saturated rings. The molecule has 4 unspecified atom stereocenters. The van der Waals surface area contributed by atoms with Crippen molar-refractivity contribution in [2.24, 2.45) is 17.1 Å². The number of aliphatic hydroxyl groups excluding tert-OH is 1. The average molecular weight is 563 g/mol. The summed E-state index contributed by atoms with van der Waals surface area (Å²) < 4.78 is 28.5. The molecular weight excluding hydrogens is 518 g/mol. The van der Waals surface area contributed by atoms with Crippen LogP contribution in [-0.2, 0) is 20.8 Å². The summed E-state index contributed by atoms with van der Waals surface area (Å²) in [4.78, 5) is 40.9. The summed E-state index contributed by atoms with van der Waals surface area (Å²) >= 11 is 0. The van der Waals surface area contributed by atoms with Crippen LogP contribution in [0.4, 0.5) is 8.78 Å². The molecule has 0 saturated heterocycles. The topological polar surface area (TPSA) is 125 Å². The van der Waals surface area contributed by atoms with Crippen LogP contribution in [0.25, 0.3) is 0 Å². The third kappa shape index (κ3) is 8.44. The number of amides is 3. The first-order chi connectivity index (χ1) is 18.9. The first-order valence-corrected chi connectivity index (χ1v) is 14.0. The van der Waals surface area contributed by atoms with Crippen molar-refractivity contribution >= 4 is 17.7 Å². The minimum atomic E-state index is -1.44. The summed E-state index contributed by atoms with van der Waals surface area (Å²) in [5.41, 5.74) is 5.36. The van der Waals surface area contributed by atoms with Crippen molar-refractivity contribution in [1.82, 2.24) is 15.5 Å². The molecular formula is C30H44F2N4O4. The first-order valence-electron chi connectivity index (χ1n) is 14.0. The number of allylic oxidation sites excluding steroid dienone is 2. The second-order valence-corrected chi connectivity index (χ2v) is 10.6. The maximum absolute atomic E-state index is 14.5. The minimum Gasteiger partial charge on any atom is -0.391 e. The molecule has 222 valence electrons. The average Bonchev–Trinajstić information content (AvgIpc) is 2.88. The Balaban J connectivity index is 2.67. The SMILES string of the molecule is CCCN(CCC)C(=O)C1(C(Cc2cc(F)cc(F)c2)C(O)CNC(C)C(=O)NCC)C=C(C)C=C(C(N)=O)C1. The third-order valence-electron chi connectivity index (χ3n) is 7.24. The summed E-state index contributed by atoms with van der Waals surface area (Å²) in [6, 6.07) is 2.46. The van der Waals surface area contributed by atoms with Crippen LogP contribution in [0.5, 0.6) is 0 Å². The number of nitrogens with one attached hydrogen (secondary N) is 2. The number of carbonyl (C=O) groups is 3. The van der Waals surface area contributed by atoms with Gasteiger partial charge in [0.15, 0.2) is 0 Å². The molecule has 0 aromatic heterocycles. The van der Waals surface area contributed by atoms with Crippen LogP contribution < -0.4 is 16.4 Å². The summed E-state index contributed by atoms with van der Waals surface area (Å²) in [6.45, 7) is 10.4. The van der Waals surface area contributed by atoms with E-state index >= 15 is 0 Å². The number of carbonyl (C=O) groups excluding carboxylic acids is 3. The molecule has 0 bridgehead atoms. The summed E-state index contributed by atoms with van der Waals surface area (Å²) in [5, 5.41) is 17.4. The lowest BCUT2D eigenvalue weighted by atomic mass is 9.63. The van der Waals surface area contributed by atoms with Crippen molar-refractivity contribution in [1.29, 1.82) is 0 Å². The zero-order chi connectivity index (χ0) is 30.0. The molecule has 4 atom stereocenters. The van der Waals surface area contributed by atoms with E-state index in [0.29, 0.717) is 38.0 Å². The van der Waals surface area contributed by atoms with Crippen molar-refractivity contribution in [3.8, 4) is 0 Å². The van der Waals surface area contributed by atoms with Gasteiger partial charge < -0.3 is 26.4 Å². The lowest BCUT2D eigenvalue weighted by Crippen LogP contribution is -2.55. The Bertz CT molecular complexity index is 1100. The Morgan fingerprint density at radius 3 is 2.23 bits per heavy atom. The second kappa shape index (κ2) is 15.0. The number of hydrogen-bond acceptors (Lipinski definition) is 5. The molecule has 1 aromatic carbocycles. The van der Waals surface area contributed by atoms with E-state index < -0.39 is 41.0 Å². The van der Waals surface area contributed by atoms with Gasteiger partial charge in [0.25, 0.3) is 0 Å². The molecule has 2 rings (SSSR count). The second-order valence-electron chi connectivity index (χ2n) is 10.6. The van der Waals surface area contributed by atoms with Gasteiger partial charge in [-0.15, -0.1) is 0 Å². The van der Waals surface area contributed by atoms with Gasteiger partial charge >= 0.3 is 0 Å². The number of primary amides is 1. The van der Waals surface area contributed by atoms with E-state index in [-0.39, 0.29) is 42.3 Å². The summed E-state index contributed by atoms with van der Waals surface area (Å²) in [7, 11) is 0. The Kier molecular flexibility index (Phi) is 12.4. The van der Waals surface area contributed by atoms with Crippen molar-refractivity contribution < 1.29 is 28.3 Å². The Hall–Kier alpha value is -3.11. The lowest BCUT2D eigenvalue weighted by molar-refractivity contribution is -0.145.